The molecule has 1 aromatic rings. The summed E-state index contributed by atoms with van der Waals surface area (Å²) in [5.74, 6) is 0.474. The van der Waals surface area contributed by atoms with E-state index in [0.717, 1.165) is 11.1 Å². The van der Waals surface area contributed by atoms with Crippen molar-refractivity contribution in [2.24, 2.45) is 0 Å². The first-order valence-corrected chi connectivity index (χ1v) is 5.79. The lowest BCUT2D eigenvalue weighted by atomic mass is 9.94. The van der Waals surface area contributed by atoms with Gasteiger partial charge in [0.15, 0.2) is 0 Å². The average Bonchev–Trinajstić information content (AvgIpc) is 2.16. The van der Waals surface area contributed by atoms with Crippen LogP contribution < -0.4 is 0 Å². The largest absolute Gasteiger partial charge is 0.387 e. The molecule has 0 bridgehead atoms. The normalized spacial score (nSPS) is 15.4. The lowest BCUT2D eigenvalue weighted by Gasteiger charge is -2.18. The van der Waals surface area contributed by atoms with Crippen LogP contribution in [0.5, 0.6) is 0 Å². The molecule has 84 valence electrons. The van der Waals surface area contributed by atoms with E-state index in [9.17, 15) is 5.11 Å². The van der Waals surface area contributed by atoms with Crippen molar-refractivity contribution in [3.05, 3.63) is 34.9 Å². The lowest BCUT2D eigenvalue weighted by molar-refractivity contribution is 0.176. The van der Waals surface area contributed by atoms with Crippen LogP contribution in [-0.4, -0.2) is 10.5 Å². The first kappa shape index (κ1) is 12.5. The molecule has 0 heterocycles. The maximum absolute atomic E-state index is 9.95. The van der Waals surface area contributed by atoms with E-state index < -0.39 is 6.10 Å². The summed E-state index contributed by atoms with van der Waals surface area (Å²) in [5, 5.41) is 9.69. The van der Waals surface area contributed by atoms with Gasteiger partial charge in [-0.05, 0) is 36.5 Å². The van der Waals surface area contributed by atoms with E-state index in [1.165, 1.54) is 5.56 Å². The molecule has 0 amide bonds. The molecule has 2 unspecified atom stereocenters. The minimum Gasteiger partial charge on any atom is -0.387 e. The third kappa shape index (κ3) is 2.96. The molecule has 1 N–H and O–H groups in total. The van der Waals surface area contributed by atoms with Gasteiger partial charge >= 0.3 is 0 Å². The van der Waals surface area contributed by atoms with Gasteiger partial charge in [0.05, 0.1) is 11.5 Å². The molecule has 0 aliphatic carbocycles. The number of aliphatic hydroxyl groups is 1. The number of aliphatic hydroxyl groups excluding tert-OH is 1. The fourth-order valence-electron chi connectivity index (χ4n) is 1.58. The molecular weight excluding hydrogens is 208 g/mol. The van der Waals surface area contributed by atoms with Gasteiger partial charge in [-0.25, -0.2) is 0 Å². The van der Waals surface area contributed by atoms with Gasteiger partial charge in [-0.2, -0.15) is 0 Å². The van der Waals surface area contributed by atoms with E-state index >= 15 is 0 Å². The third-order valence-corrected chi connectivity index (χ3v) is 2.96. The molecule has 0 saturated carbocycles. The summed E-state index contributed by atoms with van der Waals surface area (Å²) in [6, 6.07) is 6.21. The van der Waals surface area contributed by atoms with Gasteiger partial charge in [0, 0.05) is 0 Å². The van der Waals surface area contributed by atoms with Crippen molar-refractivity contribution >= 4 is 11.6 Å². The van der Waals surface area contributed by atoms with Crippen LogP contribution in [0.1, 0.15) is 49.5 Å². The van der Waals surface area contributed by atoms with Crippen molar-refractivity contribution in [3.63, 3.8) is 0 Å². The number of hydrogen-bond acceptors (Lipinski definition) is 1. The molecule has 1 rings (SSSR count). The number of halogens is 1. The van der Waals surface area contributed by atoms with Gasteiger partial charge in [-0.1, -0.05) is 32.0 Å². The van der Waals surface area contributed by atoms with E-state index in [1.54, 1.807) is 0 Å². The van der Waals surface area contributed by atoms with Gasteiger partial charge in [-0.3, -0.25) is 0 Å². The zero-order chi connectivity index (χ0) is 11.6. The van der Waals surface area contributed by atoms with Crippen LogP contribution in [0.4, 0.5) is 0 Å². The van der Waals surface area contributed by atoms with Crippen LogP contribution in [0.25, 0.3) is 0 Å². The summed E-state index contributed by atoms with van der Waals surface area (Å²) in [7, 11) is 0. The standard InChI is InChI=1S/C13H19ClO/c1-8(2)11-6-5-9(3)12(7-11)13(15)10(4)14/h5-8,10,13,15H,1-4H3. The number of aryl methyl sites for hydroxylation is 1. The molecule has 0 aliphatic heterocycles. The first-order valence-electron chi connectivity index (χ1n) is 5.36. The summed E-state index contributed by atoms with van der Waals surface area (Å²) in [4.78, 5) is 0. The molecule has 0 saturated heterocycles. The van der Waals surface area contributed by atoms with Crippen LogP contribution >= 0.6 is 11.6 Å². The van der Waals surface area contributed by atoms with E-state index in [4.69, 9.17) is 11.6 Å². The van der Waals surface area contributed by atoms with Gasteiger partial charge in [-0.15, -0.1) is 11.6 Å². The molecule has 0 spiro atoms. The summed E-state index contributed by atoms with van der Waals surface area (Å²) >= 11 is 5.92. The quantitative estimate of drug-likeness (QED) is 0.778. The Morgan fingerprint density at radius 1 is 1.20 bits per heavy atom. The molecule has 0 aliphatic rings. The Balaban J connectivity index is 3.10. The SMILES string of the molecule is Cc1ccc(C(C)C)cc1C(O)C(C)Cl. The minimum atomic E-state index is -0.578. The predicted molar refractivity (Wildman–Crippen MR) is 65.5 cm³/mol. The monoisotopic (exact) mass is 226 g/mol. The Morgan fingerprint density at radius 3 is 2.27 bits per heavy atom. The van der Waals surface area contributed by atoms with E-state index in [-0.39, 0.29) is 5.38 Å². The highest BCUT2D eigenvalue weighted by molar-refractivity contribution is 6.20. The summed E-state index contributed by atoms with van der Waals surface area (Å²) in [6.45, 7) is 8.10. The Labute approximate surface area is 97.1 Å². The zero-order valence-corrected chi connectivity index (χ0v) is 10.5. The summed E-state index contributed by atoms with van der Waals surface area (Å²) in [5.41, 5.74) is 3.29. The second-order valence-corrected chi connectivity index (χ2v) is 5.08. The molecule has 2 atom stereocenters. The van der Waals surface area contributed by atoms with Crippen molar-refractivity contribution in [1.82, 2.24) is 0 Å². The summed E-state index contributed by atoms with van der Waals surface area (Å²) in [6.07, 6.45) is -0.578. The van der Waals surface area contributed by atoms with Gasteiger partial charge in [0.25, 0.3) is 0 Å². The lowest BCUT2D eigenvalue weighted by Crippen LogP contribution is -2.10. The topological polar surface area (TPSA) is 20.2 Å². The maximum atomic E-state index is 9.95. The molecule has 1 aromatic carbocycles. The Kier molecular flexibility index (Phi) is 4.18. The second-order valence-electron chi connectivity index (χ2n) is 4.39. The van der Waals surface area contributed by atoms with Crippen LogP contribution in [0.15, 0.2) is 18.2 Å². The Morgan fingerprint density at radius 2 is 1.80 bits per heavy atom. The number of rotatable bonds is 3. The maximum Gasteiger partial charge on any atom is 0.0953 e. The molecule has 0 fully saturated rings. The highest BCUT2D eigenvalue weighted by atomic mass is 35.5. The minimum absolute atomic E-state index is 0.258. The molecule has 2 heteroatoms. The average molecular weight is 227 g/mol. The Hall–Kier alpha value is -0.530. The Bertz CT molecular complexity index is 331. The number of alkyl halides is 1. The third-order valence-electron chi connectivity index (χ3n) is 2.72. The molecule has 15 heavy (non-hydrogen) atoms. The smallest absolute Gasteiger partial charge is 0.0953 e. The molecular formula is C13H19ClO. The van der Waals surface area contributed by atoms with Gasteiger partial charge in [0.2, 0.25) is 0 Å². The van der Waals surface area contributed by atoms with E-state index in [0.29, 0.717) is 5.92 Å². The van der Waals surface area contributed by atoms with Crippen LogP contribution in [0.3, 0.4) is 0 Å². The van der Waals surface area contributed by atoms with Crippen molar-refractivity contribution in [1.29, 1.82) is 0 Å². The molecule has 1 nitrogen and oxygen atoms in total. The van der Waals surface area contributed by atoms with Crippen molar-refractivity contribution < 1.29 is 5.11 Å². The molecule has 0 radical (unpaired) electrons. The molecule has 0 aromatic heterocycles. The zero-order valence-electron chi connectivity index (χ0n) is 9.79. The van der Waals surface area contributed by atoms with Crippen molar-refractivity contribution in [3.8, 4) is 0 Å². The second kappa shape index (κ2) is 5.00. The van der Waals surface area contributed by atoms with Crippen LogP contribution in [0, 0.1) is 6.92 Å². The fraction of sp³-hybridized carbons (Fsp3) is 0.538. The van der Waals surface area contributed by atoms with Crippen molar-refractivity contribution in [2.45, 2.75) is 45.1 Å². The van der Waals surface area contributed by atoms with Crippen LogP contribution in [-0.2, 0) is 0 Å². The number of benzene rings is 1. The van der Waals surface area contributed by atoms with Crippen molar-refractivity contribution in [2.75, 3.05) is 0 Å². The van der Waals surface area contributed by atoms with E-state index in [2.05, 4.69) is 26.0 Å². The van der Waals surface area contributed by atoms with Gasteiger partial charge < -0.3 is 5.11 Å². The van der Waals surface area contributed by atoms with Gasteiger partial charge in [0.1, 0.15) is 0 Å². The van der Waals surface area contributed by atoms with E-state index in [1.807, 2.05) is 19.9 Å². The summed E-state index contributed by atoms with van der Waals surface area (Å²) < 4.78 is 0. The van der Waals surface area contributed by atoms with Crippen LogP contribution in [0.2, 0.25) is 0 Å². The highest BCUT2D eigenvalue weighted by Crippen LogP contribution is 2.27. The first-order chi connectivity index (χ1) is 6.93. The predicted octanol–water partition coefficient (Wildman–Crippen LogP) is 3.78. The fourth-order valence-corrected chi connectivity index (χ4v) is 1.72. The highest BCUT2D eigenvalue weighted by Gasteiger charge is 2.16. The number of hydrogen-bond donors (Lipinski definition) is 1.